The molecule has 13 heavy (non-hydrogen) atoms. The highest BCUT2D eigenvalue weighted by Gasteiger charge is 2.05. The maximum Gasteiger partial charge on any atom is 0.159 e. The molecule has 2 rings (SSSR count). The number of hydrogen-bond acceptors (Lipinski definition) is 3. The lowest BCUT2D eigenvalue weighted by molar-refractivity contribution is 0.201. The monoisotopic (exact) mass is 174 g/mol. The molecule has 0 saturated heterocycles. The van der Waals surface area contributed by atoms with Gasteiger partial charge < -0.3 is 5.11 Å². The third kappa shape index (κ3) is 1.38. The predicted octanol–water partition coefficient (Wildman–Crippen LogP) is 1.68. The highest BCUT2D eigenvalue weighted by Crippen LogP contribution is 2.20. The molecular weight excluding hydrogens is 164 g/mol. The zero-order chi connectivity index (χ0) is 9.26. The number of aliphatic hydroxyl groups excluding tert-OH is 1. The van der Waals surface area contributed by atoms with Crippen LogP contribution in [0.3, 0.4) is 0 Å². The molecule has 3 heteroatoms. The van der Waals surface area contributed by atoms with Gasteiger partial charge in [0.2, 0.25) is 0 Å². The van der Waals surface area contributed by atoms with Crippen molar-refractivity contribution in [1.29, 1.82) is 0 Å². The molecule has 0 fully saturated rings. The molecule has 0 aliphatic heterocycles. The minimum absolute atomic E-state index is 0.477. The fraction of sp³-hybridized carbons (Fsp3) is 0.200. The molecule has 0 aliphatic rings. The largest absolute Gasteiger partial charge is 0.389 e. The first kappa shape index (κ1) is 8.13. The van der Waals surface area contributed by atoms with E-state index in [0.29, 0.717) is 5.65 Å². The van der Waals surface area contributed by atoms with Gasteiger partial charge in [-0.05, 0) is 30.7 Å². The van der Waals surface area contributed by atoms with E-state index in [1.165, 1.54) is 0 Å². The Labute approximate surface area is 76.1 Å². The van der Waals surface area contributed by atoms with Gasteiger partial charge in [-0.15, -0.1) is 0 Å². The fourth-order valence-corrected chi connectivity index (χ4v) is 1.37. The Kier molecular flexibility index (Phi) is 1.94. The first-order chi connectivity index (χ1) is 6.29. The minimum Gasteiger partial charge on any atom is -0.389 e. The lowest BCUT2D eigenvalue weighted by atomic mass is 10.1. The highest BCUT2D eigenvalue weighted by molar-refractivity contribution is 5.78. The Morgan fingerprint density at radius 3 is 2.77 bits per heavy atom. The van der Waals surface area contributed by atoms with E-state index in [0.717, 1.165) is 10.9 Å². The number of aromatic nitrogens is 2. The third-order valence-electron chi connectivity index (χ3n) is 2.00. The second kappa shape index (κ2) is 3.11. The van der Waals surface area contributed by atoms with E-state index in [-0.39, 0.29) is 0 Å². The smallest absolute Gasteiger partial charge is 0.159 e. The summed E-state index contributed by atoms with van der Waals surface area (Å²) in [6.07, 6.45) is 2.88. The number of hydrogen-bond donors (Lipinski definition) is 1. The summed E-state index contributed by atoms with van der Waals surface area (Å²) in [5, 5.41) is 10.4. The van der Waals surface area contributed by atoms with Crippen molar-refractivity contribution in [3.8, 4) is 0 Å². The van der Waals surface area contributed by atoms with E-state index in [2.05, 4.69) is 9.97 Å². The van der Waals surface area contributed by atoms with Gasteiger partial charge in [0.1, 0.15) is 0 Å². The van der Waals surface area contributed by atoms with Gasteiger partial charge in [-0.25, -0.2) is 9.97 Å². The van der Waals surface area contributed by atoms with Crippen LogP contribution < -0.4 is 0 Å². The van der Waals surface area contributed by atoms with Crippen LogP contribution in [0.1, 0.15) is 18.6 Å². The number of fused-ring (bicyclic) bond motifs is 1. The quantitative estimate of drug-likeness (QED) is 0.715. The second-order valence-corrected chi connectivity index (χ2v) is 2.95. The maximum absolute atomic E-state index is 9.47. The van der Waals surface area contributed by atoms with Crippen LogP contribution in [0, 0.1) is 0 Å². The van der Waals surface area contributed by atoms with Crippen molar-refractivity contribution in [2.24, 2.45) is 0 Å². The molecule has 2 aromatic rings. The number of rotatable bonds is 1. The minimum atomic E-state index is -0.477. The van der Waals surface area contributed by atoms with Gasteiger partial charge in [0.05, 0.1) is 6.10 Å². The van der Waals surface area contributed by atoms with E-state index in [1.807, 2.05) is 18.2 Å². The average Bonchev–Trinajstić information content (AvgIpc) is 2.17. The van der Waals surface area contributed by atoms with Crippen LogP contribution >= 0.6 is 0 Å². The van der Waals surface area contributed by atoms with Crippen LogP contribution in [0.2, 0.25) is 0 Å². The van der Waals surface area contributed by atoms with Gasteiger partial charge in [0, 0.05) is 17.8 Å². The summed E-state index contributed by atoms with van der Waals surface area (Å²) >= 11 is 0. The first-order valence-electron chi connectivity index (χ1n) is 4.17. The maximum atomic E-state index is 9.47. The number of aliphatic hydroxyl groups is 1. The Morgan fingerprint density at radius 1 is 1.23 bits per heavy atom. The molecule has 1 N–H and O–H groups in total. The molecule has 0 aromatic carbocycles. The predicted molar refractivity (Wildman–Crippen MR) is 50.2 cm³/mol. The summed E-state index contributed by atoms with van der Waals surface area (Å²) < 4.78 is 0. The van der Waals surface area contributed by atoms with E-state index in [9.17, 15) is 5.11 Å². The zero-order valence-corrected chi connectivity index (χ0v) is 7.31. The highest BCUT2D eigenvalue weighted by atomic mass is 16.3. The summed E-state index contributed by atoms with van der Waals surface area (Å²) in [6.45, 7) is 1.74. The van der Waals surface area contributed by atoms with Crippen molar-refractivity contribution in [3.63, 3.8) is 0 Å². The molecule has 2 heterocycles. The van der Waals surface area contributed by atoms with Gasteiger partial charge >= 0.3 is 0 Å². The Morgan fingerprint density at radius 2 is 2.00 bits per heavy atom. The third-order valence-corrected chi connectivity index (χ3v) is 2.00. The van der Waals surface area contributed by atoms with Gasteiger partial charge in [-0.1, -0.05) is 0 Å². The van der Waals surface area contributed by atoms with Crippen molar-refractivity contribution in [3.05, 3.63) is 36.2 Å². The van der Waals surface area contributed by atoms with Crippen LogP contribution in [0.15, 0.2) is 30.6 Å². The van der Waals surface area contributed by atoms with Crippen molar-refractivity contribution in [1.82, 2.24) is 9.97 Å². The molecule has 3 nitrogen and oxygen atoms in total. The van der Waals surface area contributed by atoms with Gasteiger partial charge in [0.25, 0.3) is 0 Å². The molecule has 0 aliphatic carbocycles. The topological polar surface area (TPSA) is 46.0 Å². The standard InChI is InChI=1S/C10H10N2O/c1-7(13)8-4-6-12-10-9(8)3-2-5-11-10/h2-7,13H,1H3/t7-/m1/s1. The summed E-state index contributed by atoms with van der Waals surface area (Å²) in [4.78, 5) is 8.20. The Bertz CT molecular complexity index is 421. The van der Waals surface area contributed by atoms with Gasteiger partial charge in [0.15, 0.2) is 5.65 Å². The molecule has 66 valence electrons. The molecule has 0 radical (unpaired) electrons. The summed E-state index contributed by atoms with van der Waals surface area (Å²) in [6, 6.07) is 5.57. The molecule has 0 amide bonds. The van der Waals surface area contributed by atoms with Crippen LogP contribution in [0.5, 0.6) is 0 Å². The van der Waals surface area contributed by atoms with E-state index in [4.69, 9.17) is 0 Å². The summed E-state index contributed by atoms with van der Waals surface area (Å²) in [7, 11) is 0. The van der Waals surface area contributed by atoms with Crippen molar-refractivity contribution >= 4 is 11.0 Å². The van der Waals surface area contributed by atoms with Gasteiger partial charge in [-0.2, -0.15) is 0 Å². The van der Waals surface area contributed by atoms with Crippen LogP contribution in [0.25, 0.3) is 11.0 Å². The lowest BCUT2D eigenvalue weighted by Crippen LogP contribution is -1.94. The van der Waals surface area contributed by atoms with Crippen molar-refractivity contribution < 1.29 is 5.11 Å². The normalized spacial score (nSPS) is 13.1. The van der Waals surface area contributed by atoms with Crippen LogP contribution in [0.4, 0.5) is 0 Å². The summed E-state index contributed by atoms with van der Waals surface area (Å²) in [5.41, 5.74) is 1.55. The Hall–Kier alpha value is -1.48. The molecule has 1 atom stereocenters. The molecule has 0 saturated carbocycles. The van der Waals surface area contributed by atoms with Crippen molar-refractivity contribution in [2.45, 2.75) is 13.0 Å². The zero-order valence-electron chi connectivity index (χ0n) is 7.31. The van der Waals surface area contributed by atoms with E-state index in [1.54, 1.807) is 19.3 Å². The first-order valence-corrected chi connectivity index (χ1v) is 4.17. The van der Waals surface area contributed by atoms with E-state index < -0.39 is 6.10 Å². The molecule has 2 aromatic heterocycles. The fourth-order valence-electron chi connectivity index (χ4n) is 1.37. The second-order valence-electron chi connectivity index (χ2n) is 2.95. The van der Waals surface area contributed by atoms with Crippen LogP contribution in [-0.2, 0) is 0 Å². The van der Waals surface area contributed by atoms with Crippen LogP contribution in [-0.4, -0.2) is 15.1 Å². The van der Waals surface area contributed by atoms with E-state index >= 15 is 0 Å². The number of nitrogens with zero attached hydrogens (tertiary/aromatic N) is 2. The van der Waals surface area contributed by atoms with Gasteiger partial charge in [-0.3, -0.25) is 0 Å². The number of pyridine rings is 2. The average molecular weight is 174 g/mol. The summed E-state index contributed by atoms with van der Waals surface area (Å²) in [5.74, 6) is 0. The molecule has 0 bridgehead atoms. The molecular formula is C10H10N2O. The lowest BCUT2D eigenvalue weighted by Gasteiger charge is -2.06. The van der Waals surface area contributed by atoms with Crippen molar-refractivity contribution in [2.75, 3.05) is 0 Å². The SMILES string of the molecule is C[C@@H](O)c1ccnc2ncccc12. The Balaban J connectivity index is 2.76. The molecule has 0 spiro atoms. The molecule has 0 unspecified atom stereocenters.